The first-order valence-electron chi connectivity index (χ1n) is 8.76. The fourth-order valence-electron chi connectivity index (χ4n) is 3.01. The zero-order chi connectivity index (χ0) is 20.1. The molecule has 7 nitrogen and oxygen atoms in total. The zero-order valence-corrected chi connectivity index (χ0v) is 15.3. The molecule has 1 fully saturated rings. The minimum atomic E-state index is -0.947. The Labute approximate surface area is 161 Å². The summed E-state index contributed by atoms with van der Waals surface area (Å²) in [6.07, 6.45) is -0.198. The van der Waals surface area contributed by atoms with Crippen LogP contribution in [0, 0.1) is 5.82 Å². The maximum absolute atomic E-state index is 13.1. The monoisotopic (exact) mass is 385 g/mol. The molecule has 1 saturated heterocycles. The molecule has 1 aliphatic heterocycles. The van der Waals surface area contributed by atoms with Gasteiger partial charge in [0.1, 0.15) is 17.6 Å². The van der Waals surface area contributed by atoms with E-state index >= 15 is 0 Å². The molecule has 2 aromatic carbocycles. The molecule has 1 heterocycles. The van der Waals surface area contributed by atoms with Gasteiger partial charge in [-0.25, -0.2) is 4.39 Å². The summed E-state index contributed by atoms with van der Waals surface area (Å²) in [7, 11) is 1.52. The van der Waals surface area contributed by atoms with Crippen molar-refractivity contribution < 1.29 is 23.5 Å². The van der Waals surface area contributed by atoms with Crippen molar-refractivity contribution in [3.63, 3.8) is 0 Å². The number of halogens is 1. The van der Waals surface area contributed by atoms with Gasteiger partial charge < -0.3 is 20.3 Å². The molecule has 0 aliphatic carbocycles. The van der Waals surface area contributed by atoms with Crippen LogP contribution in [0.1, 0.15) is 16.8 Å². The summed E-state index contributed by atoms with van der Waals surface area (Å²) in [6, 6.07) is 11.0. The molecule has 0 bridgehead atoms. The molecule has 1 atom stereocenters. The number of nitrogens with one attached hydrogen (secondary N) is 2. The average molecular weight is 385 g/mol. The third kappa shape index (κ3) is 4.46. The normalized spacial score (nSPS) is 16.3. The molecule has 2 N–H and O–H groups in total. The molecule has 0 radical (unpaired) electrons. The van der Waals surface area contributed by atoms with Crippen molar-refractivity contribution >= 4 is 23.4 Å². The molecular weight excluding hydrogens is 365 g/mol. The van der Waals surface area contributed by atoms with Crippen LogP contribution in [-0.4, -0.2) is 48.9 Å². The van der Waals surface area contributed by atoms with Crippen LogP contribution in [0.4, 0.5) is 10.1 Å². The Hall–Kier alpha value is -3.42. The predicted molar refractivity (Wildman–Crippen MR) is 100 cm³/mol. The van der Waals surface area contributed by atoms with Gasteiger partial charge in [0.2, 0.25) is 11.8 Å². The topological polar surface area (TPSA) is 87.7 Å². The smallest absolute Gasteiger partial charge is 0.254 e. The van der Waals surface area contributed by atoms with Crippen LogP contribution in [-0.2, 0) is 9.59 Å². The number of carbonyl (C=O) groups is 3. The Morgan fingerprint density at radius 1 is 1.25 bits per heavy atom. The molecule has 0 aromatic heterocycles. The standard InChI is InChI=1S/C20H20FN3O4/c1-28-16-4-2-3-15(11-16)23-18(25)12-17-19(26)22-9-10-24(17)20(27)13-5-7-14(21)8-6-13/h2-8,11,17H,9-10,12H2,1H3,(H,22,26)(H,23,25). The number of anilines is 1. The Morgan fingerprint density at radius 2 is 2.00 bits per heavy atom. The minimum absolute atomic E-state index is 0.198. The largest absolute Gasteiger partial charge is 0.497 e. The molecule has 1 aliphatic rings. The van der Waals surface area contributed by atoms with Crippen LogP contribution < -0.4 is 15.4 Å². The Bertz CT molecular complexity index is 885. The van der Waals surface area contributed by atoms with Gasteiger partial charge in [0.05, 0.1) is 13.5 Å². The Balaban J connectivity index is 1.73. The highest BCUT2D eigenvalue weighted by Gasteiger charge is 2.35. The van der Waals surface area contributed by atoms with Crippen LogP contribution in [0.5, 0.6) is 5.75 Å². The summed E-state index contributed by atoms with van der Waals surface area (Å²) < 4.78 is 18.2. The first-order chi connectivity index (χ1) is 13.5. The third-order valence-electron chi connectivity index (χ3n) is 4.42. The first-order valence-corrected chi connectivity index (χ1v) is 8.76. The van der Waals surface area contributed by atoms with E-state index in [1.54, 1.807) is 24.3 Å². The lowest BCUT2D eigenvalue weighted by atomic mass is 10.1. The summed E-state index contributed by atoms with van der Waals surface area (Å²) in [4.78, 5) is 38.9. The first kappa shape index (κ1) is 19.3. The quantitative estimate of drug-likeness (QED) is 0.822. The molecule has 2 aromatic rings. The number of methoxy groups -OCH3 is 1. The highest BCUT2D eigenvalue weighted by atomic mass is 19.1. The summed E-state index contributed by atoms with van der Waals surface area (Å²) in [5, 5.41) is 5.38. The number of hydrogen-bond acceptors (Lipinski definition) is 4. The SMILES string of the molecule is COc1cccc(NC(=O)CC2C(=O)NCCN2C(=O)c2ccc(F)cc2)c1. The fraction of sp³-hybridized carbons (Fsp3) is 0.250. The average Bonchev–Trinajstić information content (AvgIpc) is 2.69. The van der Waals surface area contributed by atoms with E-state index in [0.717, 1.165) is 0 Å². The molecule has 146 valence electrons. The lowest BCUT2D eigenvalue weighted by Crippen LogP contribution is -2.58. The minimum Gasteiger partial charge on any atom is -0.497 e. The van der Waals surface area contributed by atoms with Crippen molar-refractivity contribution in [2.75, 3.05) is 25.5 Å². The Morgan fingerprint density at radius 3 is 2.71 bits per heavy atom. The van der Waals surface area contributed by atoms with E-state index in [9.17, 15) is 18.8 Å². The molecule has 3 rings (SSSR count). The van der Waals surface area contributed by atoms with Crippen LogP contribution in [0.3, 0.4) is 0 Å². The van der Waals surface area contributed by atoms with Gasteiger partial charge in [0.25, 0.3) is 5.91 Å². The number of benzene rings is 2. The molecule has 1 unspecified atom stereocenters. The predicted octanol–water partition coefficient (Wildman–Crippen LogP) is 1.80. The molecular formula is C20H20FN3O4. The maximum Gasteiger partial charge on any atom is 0.254 e. The van der Waals surface area contributed by atoms with Crippen molar-refractivity contribution in [2.24, 2.45) is 0 Å². The third-order valence-corrected chi connectivity index (χ3v) is 4.42. The van der Waals surface area contributed by atoms with E-state index in [1.165, 1.54) is 36.3 Å². The van der Waals surface area contributed by atoms with Gasteiger partial charge in [0, 0.05) is 30.4 Å². The van der Waals surface area contributed by atoms with Crippen molar-refractivity contribution in [1.82, 2.24) is 10.2 Å². The van der Waals surface area contributed by atoms with Gasteiger partial charge in [-0.05, 0) is 36.4 Å². The zero-order valence-electron chi connectivity index (χ0n) is 15.3. The van der Waals surface area contributed by atoms with E-state index in [2.05, 4.69) is 10.6 Å². The number of hydrogen-bond donors (Lipinski definition) is 2. The van der Waals surface area contributed by atoms with Gasteiger partial charge in [-0.3, -0.25) is 14.4 Å². The van der Waals surface area contributed by atoms with Gasteiger partial charge in [-0.2, -0.15) is 0 Å². The number of ether oxygens (including phenoxy) is 1. The number of nitrogens with zero attached hydrogens (tertiary/aromatic N) is 1. The molecule has 8 heteroatoms. The maximum atomic E-state index is 13.1. The van der Waals surface area contributed by atoms with Gasteiger partial charge in [-0.1, -0.05) is 6.07 Å². The van der Waals surface area contributed by atoms with E-state index in [-0.39, 0.29) is 18.5 Å². The number of carbonyl (C=O) groups excluding carboxylic acids is 3. The molecule has 0 spiro atoms. The lowest BCUT2D eigenvalue weighted by molar-refractivity contribution is -0.131. The van der Waals surface area contributed by atoms with Crippen LogP contribution in [0.25, 0.3) is 0 Å². The summed E-state index contributed by atoms with van der Waals surface area (Å²) >= 11 is 0. The summed E-state index contributed by atoms with van der Waals surface area (Å²) in [6.45, 7) is 0.554. The summed E-state index contributed by atoms with van der Waals surface area (Å²) in [5.41, 5.74) is 0.784. The van der Waals surface area contributed by atoms with Gasteiger partial charge in [0.15, 0.2) is 0 Å². The number of rotatable bonds is 5. The van der Waals surface area contributed by atoms with Crippen molar-refractivity contribution in [3.05, 3.63) is 59.9 Å². The highest BCUT2D eigenvalue weighted by molar-refractivity contribution is 6.01. The van der Waals surface area contributed by atoms with Crippen molar-refractivity contribution in [2.45, 2.75) is 12.5 Å². The van der Waals surface area contributed by atoms with E-state index in [4.69, 9.17) is 4.74 Å². The second-order valence-electron chi connectivity index (χ2n) is 6.30. The second-order valence-corrected chi connectivity index (χ2v) is 6.30. The van der Waals surface area contributed by atoms with Crippen LogP contribution in [0.2, 0.25) is 0 Å². The summed E-state index contributed by atoms with van der Waals surface area (Å²) in [5.74, 6) is -1.10. The van der Waals surface area contributed by atoms with Crippen LogP contribution in [0.15, 0.2) is 48.5 Å². The van der Waals surface area contributed by atoms with Crippen molar-refractivity contribution in [3.8, 4) is 5.75 Å². The van der Waals surface area contributed by atoms with Gasteiger partial charge >= 0.3 is 0 Å². The molecule has 0 saturated carbocycles. The number of piperazine rings is 1. The van der Waals surface area contributed by atoms with Gasteiger partial charge in [-0.15, -0.1) is 0 Å². The van der Waals surface area contributed by atoms with Crippen LogP contribution >= 0.6 is 0 Å². The molecule has 3 amide bonds. The second kappa shape index (κ2) is 8.51. The van der Waals surface area contributed by atoms with Crippen molar-refractivity contribution in [1.29, 1.82) is 0 Å². The number of amides is 3. The fourth-order valence-corrected chi connectivity index (χ4v) is 3.01. The Kier molecular flexibility index (Phi) is 5.88. The van der Waals surface area contributed by atoms with E-state index in [1.807, 2.05) is 0 Å². The van der Waals surface area contributed by atoms with E-state index < -0.39 is 29.6 Å². The lowest BCUT2D eigenvalue weighted by Gasteiger charge is -2.34. The molecule has 28 heavy (non-hydrogen) atoms. The van der Waals surface area contributed by atoms with E-state index in [0.29, 0.717) is 18.0 Å². The highest BCUT2D eigenvalue weighted by Crippen LogP contribution is 2.19.